The van der Waals surface area contributed by atoms with Gasteiger partial charge in [-0.1, -0.05) is 102 Å². The molecule has 1 fully saturated rings. The van der Waals surface area contributed by atoms with E-state index in [0.717, 1.165) is 0 Å². The maximum absolute atomic E-state index is 2.69. The Labute approximate surface area is 228 Å². The predicted octanol–water partition coefficient (Wildman–Crippen LogP) is 10.0. The summed E-state index contributed by atoms with van der Waals surface area (Å²) in [5, 5.41) is 0. The van der Waals surface area contributed by atoms with Gasteiger partial charge in [0.25, 0.3) is 0 Å². The van der Waals surface area contributed by atoms with Crippen LogP contribution in [0.5, 0.6) is 0 Å². The van der Waals surface area contributed by atoms with Crippen molar-refractivity contribution in [3.63, 3.8) is 0 Å². The molecule has 2 atom stereocenters. The second-order valence-corrected chi connectivity index (χ2v) is 13.5. The van der Waals surface area contributed by atoms with Crippen LogP contribution >= 0.6 is 0 Å². The van der Waals surface area contributed by atoms with Crippen LogP contribution in [0.2, 0.25) is 0 Å². The monoisotopic (exact) mass is 497 g/mol. The van der Waals surface area contributed by atoms with Gasteiger partial charge < -0.3 is 4.90 Å². The Bertz CT molecular complexity index is 1580. The SMILES string of the molecule is CC1(C)c2ccccc2-c2ccc(-c3ccc4c(c3)C3(C)CCCC(C)(C)C3(C)N4c3ccccc3)cc21. The Kier molecular flexibility index (Phi) is 4.77. The minimum Gasteiger partial charge on any atom is -0.334 e. The van der Waals surface area contributed by atoms with Crippen LogP contribution in [0.15, 0.2) is 91.0 Å². The van der Waals surface area contributed by atoms with Gasteiger partial charge in [0.05, 0.1) is 5.54 Å². The summed E-state index contributed by atoms with van der Waals surface area (Å²) in [5.41, 5.74) is 12.8. The highest BCUT2D eigenvalue weighted by Crippen LogP contribution is 2.66. The number of fused-ring (bicyclic) bond motifs is 6. The first-order valence-electron chi connectivity index (χ1n) is 14.3. The fraction of sp³-hybridized carbons (Fsp3) is 0.351. The maximum atomic E-state index is 2.69. The van der Waals surface area contributed by atoms with Crippen LogP contribution in [0.3, 0.4) is 0 Å². The topological polar surface area (TPSA) is 3.24 Å². The van der Waals surface area contributed by atoms with Gasteiger partial charge in [0.2, 0.25) is 0 Å². The average Bonchev–Trinajstić information content (AvgIpc) is 3.27. The van der Waals surface area contributed by atoms with Crippen LogP contribution < -0.4 is 4.90 Å². The van der Waals surface area contributed by atoms with Crippen molar-refractivity contribution in [1.82, 2.24) is 0 Å². The lowest BCUT2D eigenvalue weighted by Crippen LogP contribution is -2.64. The van der Waals surface area contributed by atoms with Crippen LogP contribution in [0.1, 0.15) is 77.5 Å². The maximum Gasteiger partial charge on any atom is 0.0568 e. The van der Waals surface area contributed by atoms with Crippen molar-refractivity contribution in [2.24, 2.45) is 5.41 Å². The van der Waals surface area contributed by atoms with Crippen LogP contribution in [0, 0.1) is 5.41 Å². The highest BCUT2D eigenvalue weighted by atomic mass is 15.3. The van der Waals surface area contributed by atoms with Crippen molar-refractivity contribution in [3.05, 3.63) is 108 Å². The summed E-state index contributed by atoms with van der Waals surface area (Å²) in [5.74, 6) is 0. The van der Waals surface area contributed by atoms with Crippen molar-refractivity contribution in [2.45, 2.75) is 77.2 Å². The molecule has 0 N–H and O–H groups in total. The van der Waals surface area contributed by atoms with Crippen LogP contribution in [0.25, 0.3) is 22.3 Å². The van der Waals surface area contributed by atoms with E-state index in [1.165, 1.54) is 69.6 Å². The van der Waals surface area contributed by atoms with E-state index in [1.54, 1.807) is 0 Å². The van der Waals surface area contributed by atoms with Gasteiger partial charge in [-0.3, -0.25) is 0 Å². The lowest BCUT2D eigenvalue weighted by molar-refractivity contribution is 0.0484. The number of benzene rings is 4. The summed E-state index contributed by atoms with van der Waals surface area (Å²) in [7, 11) is 0. The Morgan fingerprint density at radius 2 is 1.21 bits per heavy atom. The van der Waals surface area contributed by atoms with Crippen LogP contribution in [0.4, 0.5) is 11.4 Å². The second kappa shape index (κ2) is 7.63. The molecule has 1 saturated carbocycles. The van der Waals surface area contributed by atoms with E-state index in [0.29, 0.717) is 0 Å². The highest BCUT2D eigenvalue weighted by Gasteiger charge is 2.64. The number of para-hydroxylation sites is 1. The Hall–Kier alpha value is -3.32. The van der Waals surface area contributed by atoms with Gasteiger partial charge >= 0.3 is 0 Å². The standard InChI is InChI=1S/C37H39N/c1-34(2)21-12-22-36(5)32-24-26(18-20-33(32)38(37(34,36)6)27-13-8-7-9-14-27)25-17-19-29-28-15-10-11-16-30(28)35(3,4)31(29)23-25/h7-11,13-20,23-24H,12,21-22H2,1-6H3. The van der Waals surface area contributed by atoms with Crippen molar-refractivity contribution >= 4 is 11.4 Å². The van der Waals surface area contributed by atoms with Crippen molar-refractivity contribution in [2.75, 3.05) is 4.90 Å². The average molecular weight is 498 g/mol. The fourth-order valence-corrected chi connectivity index (χ4v) is 8.52. The molecule has 0 aromatic heterocycles. The van der Waals surface area contributed by atoms with E-state index >= 15 is 0 Å². The molecule has 2 unspecified atom stereocenters. The third-order valence-electron chi connectivity index (χ3n) is 11.1. The molecule has 0 bridgehead atoms. The summed E-state index contributed by atoms with van der Waals surface area (Å²) in [6.45, 7) is 14.8. The molecular formula is C37H39N. The van der Waals surface area contributed by atoms with Gasteiger partial charge in [-0.2, -0.15) is 0 Å². The molecule has 192 valence electrons. The van der Waals surface area contributed by atoms with Gasteiger partial charge in [-0.25, -0.2) is 0 Å². The van der Waals surface area contributed by atoms with Gasteiger partial charge in [0, 0.05) is 22.2 Å². The van der Waals surface area contributed by atoms with Gasteiger partial charge in [0.15, 0.2) is 0 Å². The summed E-state index contributed by atoms with van der Waals surface area (Å²) in [4.78, 5) is 2.69. The molecule has 1 heterocycles. The molecule has 0 amide bonds. The summed E-state index contributed by atoms with van der Waals surface area (Å²) in [6.07, 6.45) is 3.75. The first-order valence-corrected chi connectivity index (χ1v) is 14.3. The minimum atomic E-state index is -0.0118. The van der Waals surface area contributed by atoms with Gasteiger partial charge in [-0.05, 0) is 94.5 Å². The van der Waals surface area contributed by atoms with Crippen molar-refractivity contribution in [1.29, 1.82) is 0 Å². The largest absolute Gasteiger partial charge is 0.334 e. The normalized spacial score (nSPS) is 25.9. The second-order valence-electron chi connectivity index (χ2n) is 13.5. The molecular weight excluding hydrogens is 458 g/mol. The molecule has 1 heteroatoms. The lowest BCUT2D eigenvalue weighted by atomic mass is 9.51. The zero-order chi connectivity index (χ0) is 26.5. The summed E-state index contributed by atoms with van der Waals surface area (Å²) >= 11 is 0. The predicted molar refractivity (Wildman–Crippen MR) is 161 cm³/mol. The van der Waals surface area contributed by atoms with E-state index in [-0.39, 0.29) is 21.8 Å². The molecule has 4 aromatic rings. The molecule has 4 aromatic carbocycles. The van der Waals surface area contributed by atoms with E-state index in [1.807, 2.05) is 0 Å². The Balaban J connectivity index is 1.41. The molecule has 2 aliphatic carbocycles. The number of nitrogens with zero attached hydrogens (tertiary/aromatic N) is 1. The van der Waals surface area contributed by atoms with Gasteiger partial charge in [-0.15, -0.1) is 0 Å². The van der Waals surface area contributed by atoms with Crippen molar-refractivity contribution in [3.8, 4) is 22.3 Å². The van der Waals surface area contributed by atoms with E-state index in [9.17, 15) is 0 Å². The number of hydrogen-bond donors (Lipinski definition) is 0. The molecule has 0 saturated heterocycles. The Morgan fingerprint density at radius 3 is 1.97 bits per heavy atom. The molecule has 7 rings (SSSR count). The van der Waals surface area contributed by atoms with Crippen molar-refractivity contribution < 1.29 is 0 Å². The number of anilines is 2. The fourth-order valence-electron chi connectivity index (χ4n) is 8.52. The van der Waals surface area contributed by atoms with E-state index in [4.69, 9.17) is 0 Å². The third kappa shape index (κ3) is 2.83. The number of hydrogen-bond acceptors (Lipinski definition) is 1. The third-order valence-corrected chi connectivity index (χ3v) is 11.1. The van der Waals surface area contributed by atoms with Gasteiger partial charge in [0.1, 0.15) is 0 Å². The molecule has 0 spiro atoms. The Morgan fingerprint density at radius 1 is 0.579 bits per heavy atom. The summed E-state index contributed by atoms with van der Waals surface area (Å²) < 4.78 is 0. The number of rotatable bonds is 2. The molecule has 1 nitrogen and oxygen atoms in total. The molecule has 1 aliphatic heterocycles. The quantitative estimate of drug-likeness (QED) is 0.266. The smallest absolute Gasteiger partial charge is 0.0568 e. The minimum absolute atomic E-state index is 0.0118. The molecule has 3 aliphatic rings. The van der Waals surface area contributed by atoms with E-state index in [2.05, 4.69) is 137 Å². The zero-order valence-corrected chi connectivity index (χ0v) is 23.7. The first kappa shape index (κ1) is 23.8. The zero-order valence-electron chi connectivity index (χ0n) is 23.7. The molecule has 38 heavy (non-hydrogen) atoms. The molecule has 0 radical (unpaired) electrons. The summed E-state index contributed by atoms with van der Waals surface area (Å²) in [6, 6.07) is 34.5. The lowest BCUT2D eigenvalue weighted by Gasteiger charge is -2.59. The van der Waals surface area contributed by atoms with E-state index < -0.39 is 0 Å². The highest BCUT2D eigenvalue weighted by molar-refractivity contribution is 5.85. The first-order chi connectivity index (χ1) is 18.1. The van der Waals surface area contributed by atoms with Crippen LogP contribution in [-0.4, -0.2) is 5.54 Å². The van der Waals surface area contributed by atoms with Crippen LogP contribution in [-0.2, 0) is 10.8 Å².